The molecule has 0 aliphatic rings. The standard InChI is InChI=1S/C29H31IN2O8/c1-16(2)26(32-29(38)27(36)20-13-18(30)11-12-23(20)39-3)28(37)31-21(14-25(34)35)22(33)15-40-24-10-6-8-17-7-4-5-9-19(17)24/h4-13,16,21,26-27,36H,14-15H2,1-3H3,(H,31,37)(H,32,38)(H,34,35)/t21-,26-,27?/m0/s1. The number of ketones is 1. The van der Waals surface area contributed by atoms with Gasteiger partial charge in [-0.15, -0.1) is 0 Å². The molecule has 0 aliphatic heterocycles. The molecule has 1 unspecified atom stereocenters. The van der Waals surface area contributed by atoms with Gasteiger partial charge >= 0.3 is 5.97 Å². The number of carbonyl (C=O) groups excluding carboxylic acids is 3. The van der Waals surface area contributed by atoms with Gasteiger partial charge in [0.2, 0.25) is 5.91 Å². The van der Waals surface area contributed by atoms with Crippen LogP contribution in [0.5, 0.6) is 11.5 Å². The van der Waals surface area contributed by atoms with Gasteiger partial charge in [-0.25, -0.2) is 0 Å². The van der Waals surface area contributed by atoms with Crippen molar-refractivity contribution in [3.05, 3.63) is 69.8 Å². The molecule has 0 fully saturated rings. The molecule has 212 valence electrons. The normalized spacial score (nSPS) is 13.2. The number of benzene rings is 3. The van der Waals surface area contributed by atoms with Crippen LogP contribution in [0.1, 0.15) is 31.9 Å². The van der Waals surface area contributed by atoms with E-state index in [2.05, 4.69) is 10.6 Å². The third-order valence-corrected chi connectivity index (χ3v) is 6.86. The van der Waals surface area contributed by atoms with E-state index in [1.165, 1.54) is 7.11 Å². The van der Waals surface area contributed by atoms with Gasteiger partial charge in [0.15, 0.2) is 11.9 Å². The highest BCUT2D eigenvalue weighted by atomic mass is 127. The predicted molar refractivity (Wildman–Crippen MR) is 156 cm³/mol. The van der Waals surface area contributed by atoms with Gasteiger partial charge in [0, 0.05) is 14.5 Å². The number of carboxylic acid groups (broad SMARTS) is 1. The summed E-state index contributed by atoms with van der Waals surface area (Å²) in [5, 5.41) is 26.7. The first-order chi connectivity index (χ1) is 19.0. The molecule has 4 N–H and O–H groups in total. The lowest BCUT2D eigenvalue weighted by molar-refractivity contribution is -0.141. The van der Waals surface area contributed by atoms with Crippen molar-refractivity contribution < 1.29 is 38.9 Å². The predicted octanol–water partition coefficient (Wildman–Crippen LogP) is 3.23. The zero-order valence-electron chi connectivity index (χ0n) is 22.2. The second-order valence-electron chi connectivity index (χ2n) is 9.41. The molecule has 0 radical (unpaired) electrons. The van der Waals surface area contributed by atoms with Gasteiger partial charge in [-0.1, -0.05) is 50.2 Å². The topological polar surface area (TPSA) is 151 Å². The van der Waals surface area contributed by atoms with Crippen LogP contribution in [0.2, 0.25) is 0 Å². The number of ether oxygens (including phenoxy) is 2. The highest BCUT2D eigenvalue weighted by Crippen LogP contribution is 2.28. The smallest absolute Gasteiger partial charge is 0.305 e. The molecule has 0 spiro atoms. The Morgan fingerprint density at radius 2 is 1.62 bits per heavy atom. The van der Waals surface area contributed by atoms with Crippen LogP contribution in [0.15, 0.2) is 60.7 Å². The number of carboxylic acids is 1. The first kappa shape index (κ1) is 30.8. The summed E-state index contributed by atoms with van der Waals surface area (Å²) in [5.74, 6) is -3.28. The highest BCUT2D eigenvalue weighted by Gasteiger charge is 2.32. The molecule has 3 aromatic rings. The van der Waals surface area contributed by atoms with Gasteiger partial charge in [0.25, 0.3) is 5.91 Å². The first-order valence-electron chi connectivity index (χ1n) is 12.5. The Kier molecular flexibility index (Phi) is 10.8. The average molecular weight is 662 g/mol. The van der Waals surface area contributed by atoms with Gasteiger partial charge in [-0.3, -0.25) is 19.2 Å². The second-order valence-corrected chi connectivity index (χ2v) is 10.7. The summed E-state index contributed by atoms with van der Waals surface area (Å²) < 4.78 is 11.7. The van der Waals surface area contributed by atoms with E-state index in [1.54, 1.807) is 44.2 Å². The lowest BCUT2D eigenvalue weighted by Gasteiger charge is -2.26. The number of aliphatic carboxylic acids is 1. The second kappa shape index (κ2) is 14.1. The number of Topliss-reactive ketones (excluding diaryl/α,β-unsaturated/α-hetero) is 1. The molecule has 10 nitrogen and oxygen atoms in total. The van der Waals surface area contributed by atoms with E-state index in [0.717, 1.165) is 14.3 Å². The molecule has 3 aromatic carbocycles. The summed E-state index contributed by atoms with van der Waals surface area (Å²) in [4.78, 5) is 50.6. The Morgan fingerprint density at radius 3 is 2.30 bits per heavy atom. The van der Waals surface area contributed by atoms with E-state index in [9.17, 15) is 29.4 Å². The Labute approximate surface area is 245 Å². The number of nitrogens with one attached hydrogen (secondary N) is 2. The fourth-order valence-electron chi connectivity index (χ4n) is 4.08. The Balaban J connectivity index is 1.72. The number of methoxy groups -OCH3 is 1. The van der Waals surface area contributed by atoms with Crippen molar-refractivity contribution in [2.75, 3.05) is 13.7 Å². The lowest BCUT2D eigenvalue weighted by atomic mass is 10.0. The maximum Gasteiger partial charge on any atom is 0.305 e. The van der Waals surface area contributed by atoms with Crippen molar-refractivity contribution in [2.45, 2.75) is 38.5 Å². The minimum Gasteiger partial charge on any atom is -0.496 e. The first-order valence-corrected chi connectivity index (χ1v) is 13.6. The Morgan fingerprint density at radius 1 is 0.925 bits per heavy atom. The largest absolute Gasteiger partial charge is 0.496 e. The van der Waals surface area contributed by atoms with E-state index < -0.39 is 60.7 Å². The van der Waals surface area contributed by atoms with Crippen LogP contribution in [0.4, 0.5) is 0 Å². The number of hydrogen-bond donors (Lipinski definition) is 4. The Hall–Kier alpha value is -3.71. The van der Waals surface area contributed by atoms with Crippen molar-refractivity contribution in [2.24, 2.45) is 5.92 Å². The minimum absolute atomic E-state index is 0.222. The van der Waals surface area contributed by atoms with Crippen LogP contribution in [0.25, 0.3) is 10.8 Å². The summed E-state index contributed by atoms with van der Waals surface area (Å²) in [6, 6.07) is 15.2. The van der Waals surface area contributed by atoms with Crippen LogP contribution in [-0.2, 0) is 19.2 Å². The van der Waals surface area contributed by atoms with Crippen molar-refractivity contribution in [1.29, 1.82) is 0 Å². The van der Waals surface area contributed by atoms with Gasteiger partial charge in [0.1, 0.15) is 30.2 Å². The number of rotatable bonds is 13. The third-order valence-electron chi connectivity index (χ3n) is 6.19. The number of amides is 2. The number of carbonyl (C=O) groups is 4. The summed E-state index contributed by atoms with van der Waals surface area (Å²) >= 11 is 2.03. The van der Waals surface area contributed by atoms with Crippen LogP contribution >= 0.6 is 22.6 Å². The van der Waals surface area contributed by atoms with Crippen LogP contribution in [0, 0.1) is 9.49 Å². The average Bonchev–Trinajstić information content (AvgIpc) is 2.93. The van der Waals surface area contributed by atoms with Gasteiger partial charge in [-0.05, 0) is 58.2 Å². The quantitative estimate of drug-likeness (QED) is 0.204. The maximum absolute atomic E-state index is 13.2. The molecule has 40 heavy (non-hydrogen) atoms. The molecule has 2 amide bonds. The minimum atomic E-state index is -1.63. The zero-order chi connectivity index (χ0) is 29.4. The van der Waals surface area contributed by atoms with Gasteiger partial charge < -0.3 is 30.3 Å². The molecular weight excluding hydrogens is 631 g/mol. The molecule has 0 heterocycles. The molecule has 3 rings (SSSR count). The molecule has 0 saturated heterocycles. The van der Waals surface area contributed by atoms with E-state index in [1.807, 2.05) is 52.9 Å². The number of hydrogen-bond acceptors (Lipinski definition) is 7. The van der Waals surface area contributed by atoms with Crippen molar-refractivity contribution >= 4 is 56.9 Å². The molecular formula is C29H31IN2O8. The maximum atomic E-state index is 13.2. The number of aliphatic hydroxyl groups is 1. The molecule has 0 aromatic heterocycles. The monoisotopic (exact) mass is 662 g/mol. The van der Waals surface area contributed by atoms with Crippen molar-refractivity contribution in [1.82, 2.24) is 10.6 Å². The summed E-state index contributed by atoms with van der Waals surface area (Å²) in [7, 11) is 1.41. The van der Waals surface area contributed by atoms with Gasteiger partial charge in [-0.2, -0.15) is 0 Å². The fourth-order valence-corrected chi connectivity index (χ4v) is 4.60. The fraction of sp³-hybridized carbons (Fsp3) is 0.310. The van der Waals surface area contributed by atoms with E-state index in [0.29, 0.717) is 11.5 Å². The summed E-state index contributed by atoms with van der Waals surface area (Å²) in [5.41, 5.74) is 0.222. The molecule has 11 heteroatoms. The number of halogens is 1. The molecule has 0 bridgehead atoms. The molecule has 0 aliphatic carbocycles. The molecule has 3 atom stereocenters. The number of fused-ring (bicyclic) bond motifs is 1. The Bertz CT molecular complexity index is 1390. The van der Waals surface area contributed by atoms with Crippen molar-refractivity contribution in [3.63, 3.8) is 0 Å². The van der Waals surface area contributed by atoms with E-state index >= 15 is 0 Å². The SMILES string of the molecule is COc1ccc(I)cc1C(O)C(=O)N[C@H](C(=O)N[C@@H](CC(=O)O)C(=O)COc1cccc2ccccc12)C(C)C. The molecule has 0 saturated carbocycles. The summed E-state index contributed by atoms with van der Waals surface area (Å²) in [6.45, 7) is 2.86. The van der Waals surface area contributed by atoms with E-state index in [-0.39, 0.29) is 5.56 Å². The lowest BCUT2D eigenvalue weighted by Crippen LogP contribution is -2.55. The number of aliphatic hydroxyl groups excluding tert-OH is 1. The summed E-state index contributed by atoms with van der Waals surface area (Å²) in [6.07, 6.45) is -2.31. The van der Waals surface area contributed by atoms with Crippen LogP contribution in [0.3, 0.4) is 0 Å². The van der Waals surface area contributed by atoms with Crippen molar-refractivity contribution in [3.8, 4) is 11.5 Å². The van der Waals surface area contributed by atoms with E-state index in [4.69, 9.17) is 9.47 Å². The third kappa shape index (κ3) is 7.92. The van der Waals surface area contributed by atoms with Crippen LogP contribution < -0.4 is 20.1 Å². The highest BCUT2D eigenvalue weighted by molar-refractivity contribution is 14.1. The van der Waals surface area contributed by atoms with Crippen LogP contribution in [-0.4, -0.2) is 59.6 Å². The zero-order valence-corrected chi connectivity index (χ0v) is 24.4. The van der Waals surface area contributed by atoms with Gasteiger partial charge in [0.05, 0.1) is 13.5 Å².